The Morgan fingerprint density at radius 1 is 1.47 bits per heavy atom. The van der Waals surface area contributed by atoms with Crippen LogP contribution in [0.3, 0.4) is 0 Å². The fraction of sp³-hybridized carbons (Fsp3) is 0.500. The van der Waals surface area contributed by atoms with Crippen LogP contribution in [0.25, 0.3) is 0 Å². The lowest BCUT2D eigenvalue weighted by Crippen LogP contribution is -2.23. The molecule has 2 unspecified atom stereocenters. The fourth-order valence-corrected chi connectivity index (χ4v) is 2.17. The Morgan fingerprint density at radius 2 is 2.27 bits per heavy atom. The molecule has 2 atom stereocenters. The minimum Gasteiger partial charge on any atom is -0.398 e. The van der Waals surface area contributed by atoms with E-state index in [2.05, 4.69) is 5.32 Å². The first-order valence-corrected chi connectivity index (χ1v) is 5.53. The van der Waals surface area contributed by atoms with Gasteiger partial charge in [0, 0.05) is 17.3 Å². The van der Waals surface area contributed by atoms with Crippen molar-refractivity contribution in [2.45, 2.75) is 31.4 Å². The Morgan fingerprint density at radius 3 is 2.93 bits per heavy atom. The first kappa shape index (κ1) is 10.5. The number of para-hydroxylation sites is 1. The minimum absolute atomic E-state index is 0.443. The van der Waals surface area contributed by atoms with Gasteiger partial charge in [0.25, 0.3) is 0 Å². The Labute approximate surface area is 90.3 Å². The van der Waals surface area contributed by atoms with Gasteiger partial charge in [0.1, 0.15) is 0 Å². The first-order chi connectivity index (χ1) is 7.27. The molecule has 1 aliphatic rings. The van der Waals surface area contributed by atoms with Crippen molar-refractivity contribution in [1.82, 2.24) is 5.32 Å². The van der Waals surface area contributed by atoms with E-state index in [1.54, 1.807) is 0 Å². The monoisotopic (exact) mass is 206 g/mol. The maximum absolute atomic E-state index is 10.0. The van der Waals surface area contributed by atoms with Gasteiger partial charge in [-0.3, -0.25) is 0 Å². The number of nitrogen functional groups attached to an aromatic ring is 1. The molecule has 3 heteroatoms. The van der Waals surface area contributed by atoms with E-state index in [0.29, 0.717) is 11.7 Å². The SMILES string of the molecule is Nc1ccccc1C(O)CC1CCCN1. The van der Waals surface area contributed by atoms with Gasteiger partial charge in [-0.15, -0.1) is 0 Å². The minimum atomic E-state index is -0.443. The van der Waals surface area contributed by atoms with Crippen molar-refractivity contribution in [2.24, 2.45) is 0 Å². The third kappa shape index (κ3) is 2.49. The second-order valence-electron chi connectivity index (χ2n) is 4.17. The topological polar surface area (TPSA) is 58.3 Å². The van der Waals surface area contributed by atoms with E-state index in [9.17, 15) is 5.11 Å². The van der Waals surface area contributed by atoms with Gasteiger partial charge in [-0.1, -0.05) is 18.2 Å². The summed E-state index contributed by atoms with van der Waals surface area (Å²) in [6.07, 6.45) is 2.68. The molecule has 1 heterocycles. The van der Waals surface area contributed by atoms with Crippen LogP contribution in [-0.4, -0.2) is 17.7 Å². The normalized spacial score (nSPS) is 22.9. The van der Waals surface area contributed by atoms with Crippen LogP contribution < -0.4 is 11.1 Å². The van der Waals surface area contributed by atoms with E-state index in [4.69, 9.17) is 5.73 Å². The second-order valence-corrected chi connectivity index (χ2v) is 4.17. The van der Waals surface area contributed by atoms with Gasteiger partial charge in [-0.05, 0) is 31.9 Å². The van der Waals surface area contributed by atoms with Gasteiger partial charge in [-0.25, -0.2) is 0 Å². The number of aliphatic hydroxyl groups is 1. The number of hydrogen-bond donors (Lipinski definition) is 3. The number of nitrogens with two attached hydrogens (primary N) is 1. The molecule has 0 radical (unpaired) electrons. The number of hydrogen-bond acceptors (Lipinski definition) is 3. The molecule has 0 aromatic heterocycles. The second kappa shape index (κ2) is 4.64. The van der Waals surface area contributed by atoms with Gasteiger partial charge in [0.15, 0.2) is 0 Å². The molecular weight excluding hydrogens is 188 g/mol. The molecule has 2 rings (SSSR count). The zero-order valence-electron chi connectivity index (χ0n) is 8.82. The van der Waals surface area contributed by atoms with Crippen LogP contribution in [0, 0.1) is 0 Å². The van der Waals surface area contributed by atoms with Gasteiger partial charge in [0.05, 0.1) is 6.10 Å². The molecule has 4 N–H and O–H groups in total. The summed E-state index contributed by atoms with van der Waals surface area (Å²) < 4.78 is 0. The molecular formula is C12H18N2O. The van der Waals surface area contributed by atoms with Gasteiger partial charge < -0.3 is 16.2 Å². The van der Waals surface area contributed by atoms with Gasteiger partial charge >= 0.3 is 0 Å². The zero-order chi connectivity index (χ0) is 10.7. The Balaban J connectivity index is 2.00. The van der Waals surface area contributed by atoms with Crippen molar-refractivity contribution in [2.75, 3.05) is 12.3 Å². The molecule has 1 aliphatic heterocycles. The molecule has 1 aromatic carbocycles. The molecule has 1 saturated heterocycles. The highest BCUT2D eigenvalue weighted by molar-refractivity contribution is 5.47. The largest absolute Gasteiger partial charge is 0.398 e. The number of anilines is 1. The van der Waals surface area contributed by atoms with Crippen LogP contribution in [-0.2, 0) is 0 Å². The van der Waals surface area contributed by atoms with E-state index >= 15 is 0 Å². The predicted molar refractivity (Wildman–Crippen MR) is 61.5 cm³/mol. The Kier molecular flexibility index (Phi) is 3.23. The van der Waals surface area contributed by atoms with Crippen LogP contribution in [0.4, 0.5) is 5.69 Å². The summed E-state index contributed by atoms with van der Waals surface area (Å²) >= 11 is 0. The van der Waals surface area contributed by atoms with E-state index in [0.717, 1.165) is 24.9 Å². The van der Waals surface area contributed by atoms with E-state index in [-0.39, 0.29) is 0 Å². The highest BCUT2D eigenvalue weighted by Gasteiger charge is 2.19. The van der Waals surface area contributed by atoms with Crippen molar-refractivity contribution >= 4 is 5.69 Å². The number of aliphatic hydroxyl groups excluding tert-OH is 1. The Hall–Kier alpha value is -1.06. The molecule has 0 spiro atoms. The first-order valence-electron chi connectivity index (χ1n) is 5.53. The summed E-state index contributed by atoms with van der Waals surface area (Å²) in [6.45, 7) is 1.07. The quantitative estimate of drug-likeness (QED) is 0.656. The molecule has 15 heavy (non-hydrogen) atoms. The predicted octanol–water partition coefficient (Wildman–Crippen LogP) is 1.44. The molecule has 0 bridgehead atoms. The number of nitrogens with one attached hydrogen (secondary N) is 1. The van der Waals surface area contributed by atoms with Crippen molar-refractivity contribution < 1.29 is 5.11 Å². The van der Waals surface area contributed by atoms with E-state index < -0.39 is 6.10 Å². The van der Waals surface area contributed by atoms with Crippen LogP contribution in [0.5, 0.6) is 0 Å². The molecule has 0 saturated carbocycles. The standard InChI is InChI=1S/C12H18N2O/c13-11-6-2-1-5-10(11)12(15)8-9-4-3-7-14-9/h1-2,5-6,9,12,14-15H,3-4,7-8,13H2. The lowest BCUT2D eigenvalue weighted by molar-refractivity contribution is 0.155. The average molecular weight is 206 g/mol. The Bertz CT molecular complexity index is 321. The highest BCUT2D eigenvalue weighted by atomic mass is 16.3. The number of benzene rings is 1. The summed E-state index contributed by atoms with van der Waals surface area (Å²) in [5.41, 5.74) is 7.35. The maximum Gasteiger partial charge on any atom is 0.0824 e. The zero-order valence-corrected chi connectivity index (χ0v) is 8.82. The third-order valence-corrected chi connectivity index (χ3v) is 3.03. The molecule has 1 aromatic rings. The van der Waals surface area contributed by atoms with Gasteiger partial charge in [-0.2, -0.15) is 0 Å². The molecule has 3 nitrogen and oxygen atoms in total. The summed E-state index contributed by atoms with van der Waals surface area (Å²) in [7, 11) is 0. The van der Waals surface area contributed by atoms with Crippen LogP contribution in [0.2, 0.25) is 0 Å². The summed E-state index contributed by atoms with van der Waals surface area (Å²) in [5.74, 6) is 0. The fourth-order valence-electron chi connectivity index (χ4n) is 2.17. The smallest absolute Gasteiger partial charge is 0.0824 e. The van der Waals surface area contributed by atoms with Crippen molar-refractivity contribution in [3.8, 4) is 0 Å². The molecule has 82 valence electrons. The average Bonchev–Trinajstić information content (AvgIpc) is 2.71. The van der Waals surface area contributed by atoms with Crippen LogP contribution in [0.15, 0.2) is 24.3 Å². The van der Waals surface area contributed by atoms with Crippen molar-refractivity contribution in [3.05, 3.63) is 29.8 Å². The van der Waals surface area contributed by atoms with E-state index in [1.165, 1.54) is 6.42 Å². The molecule has 0 aliphatic carbocycles. The lowest BCUT2D eigenvalue weighted by Gasteiger charge is -2.17. The number of rotatable bonds is 3. The van der Waals surface area contributed by atoms with Crippen molar-refractivity contribution in [1.29, 1.82) is 0 Å². The summed E-state index contributed by atoms with van der Waals surface area (Å²) in [4.78, 5) is 0. The third-order valence-electron chi connectivity index (χ3n) is 3.03. The molecule has 1 fully saturated rings. The molecule has 0 amide bonds. The van der Waals surface area contributed by atoms with Crippen molar-refractivity contribution in [3.63, 3.8) is 0 Å². The summed E-state index contributed by atoms with van der Waals surface area (Å²) in [5, 5.41) is 13.4. The maximum atomic E-state index is 10.0. The van der Waals surface area contributed by atoms with Crippen LogP contribution >= 0.6 is 0 Å². The van der Waals surface area contributed by atoms with E-state index in [1.807, 2.05) is 24.3 Å². The summed E-state index contributed by atoms with van der Waals surface area (Å²) in [6, 6.07) is 7.98. The lowest BCUT2D eigenvalue weighted by atomic mass is 10.00. The van der Waals surface area contributed by atoms with Gasteiger partial charge in [0.2, 0.25) is 0 Å². The highest BCUT2D eigenvalue weighted by Crippen LogP contribution is 2.25. The van der Waals surface area contributed by atoms with Crippen LogP contribution in [0.1, 0.15) is 30.9 Å².